The highest BCUT2D eigenvalue weighted by Crippen LogP contribution is 2.41. The van der Waals surface area contributed by atoms with Crippen molar-refractivity contribution in [3.05, 3.63) is 164 Å². The smallest absolute Gasteiger partial charge is 0.164 e. The minimum atomic E-state index is 0.602. The topological polar surface area (TPSA) is 51.8 Å². The third-order valence-electron chi connectivity index (χ3n) is 9.50. The monoisotopic (exact) mass is 625 g/mol. The van der Waals surface area contributed by atoms with Crippen molar-refractivity contribution in [3.63, 3.8) is 0 Å². The number of benzene rings is 8. The van der Waals surface area contributed by atoms with E-state index in [1.54, 1.807) is 0 Å². The van der Waals surface area contributed by atoms with E-state index in [2.05, 4.69) is 121 Å². The van der Waals surface area contributed by atoms with Crippen LogP contribution < -0.4 is 0 Å². The molecule has 10 aromatic rings. The highest BCUT2D eigenvalue weighted by Gasteiger charge is 2.20. The lowest BCUT2D eigenvalue weighted by atomic mass is 9.96. The summed E-state index contributed by atoms with van der Waals surface area (Å²) in [5.41, 5.74) is 6.60. The van der Waals surface area contributed by atoms with Gasteiger partial charge in [0.25, 0.3) is 0 Å². The molecule has 0 amide bonds. The maximum Gasteiger partial charge on any atom is 0.164 e. The van der Waals surface area contributed by atoms with Crippen molar-refractivity contribution in [1.82, 2.24) is 15.0 Å². The zero-order chi connectivity index (χ0) is 32.3. The Balaban J connectivity index is 1.23. The fourth-order valence-corrected chi connectivity index (χ4v) is 7.19. The lowest BCUT2D eigenvalue weighted by Gasteiger charge is -2.12. The highest BCUT2D eigenvalue weighted by molar-refractivity contribution is 6.16. The van der Waals surface area contributed by atoms with Crippen molar-refractivity contribution in [2.75, 3.05) is 0 Å². The zero-order valence-corrected chi connectivity index (χ0v) is 26.3. The van der Waals surface area contributed by atoms with Crippen LogP contribution in [0.4, 0.5) is 0 Å². The van der Waals surface area contributed by atoms with Gasteiger partial charge in [-0.25, -0.2) is 15.0 Å². The molecule has 0 saturated heterocycles. The third kappa shape index (κ3) is 4.49. The second-order valence-electron chi connectivity index (χ2n) is 12.4. The van der Waals surface area contributed by atoms with Gasteiger partial charge >= 0.3 is 0 Å². The van der Waals surface area contributed by atoms with Crippen LogP contribution in [-0.2, 0) is 0 Å². The van der Waals surface area contributed by atoms with Crippen LogP contribution in [-0.4, -0.2) is 15.0 Å². The summed E-state index contributed by atoms with van der Waals surface area (Å²) in [5.74, 6) is 1.86. The predicted molar refractivity (Wildman–Crippen MR) is 201 cm³/mol. The molecule has 8 aromatic carbocycles. The van der Waals surface area contributed by atoms with E-state index in [4.69, 9.17) is 19.4 Å². The van der Waals surface area contributed by atoms with E-state index >= 15 is 0 Å². The summed E-state index contributed by atoms with van der Waals surface area (Å²) in [6, 6.07) is 56.8. The Bertz CT molecular complexity index is 2890. The largest absolute Gasteiger partial charge is 0.455 e. The van der Waals surface area contributed by atoms with Crippen molar-refractivity contribution < 1.29 is 4.42 Å². The van der Waals surface area contributed by atoms with Gasteiger partial charge in [0.15, 0.2) is 17.5 Å². The normalized spacial score (nSPS) is 11.7. The number of furan rings is 1. The fraction of sp³-hybridized carbons (Fsp3) is 0. The first-order chi connectivity index (χ1) is 24.3. The Morgan fingerprint density at radius 3 is 1.84 bits per heavy atom. The molecule has 228 valence electrons. The number of aromatic nitrogens is 3. The van der Waals surface area contributed by atoms with E-state index < -0.39 is 0 Å². The van der Waals surface area contributed by atoms with Gasteiger partial charge < -0.3 is 4.42 Å². The first-order valence-corrected chi connectivity index (χ1v) is 16.4. The van der Waals surface area contributed by atoms with Crippen LogP contribution in [0.25, 0.3) is 99.5 Å². The minimum absolute atomic E-state index is 0.602. The van der Waals surface area contributed by atoms with E-state index in [9.17, 15) is 0 Å². The molecule has 0 bridgehead atoms. The summed E-state index contributed by atoms with van der Waals surface area (Å²) in [5, 5.41) is 9.04. The Hall–Kier alpha value is -6.65. The van der Waals surface area contributed by atoms with Gasteiger partial charge in [0, 0.05) is 33.0 Å². The van der Waals surface area contributed by atoms with E-state index in [1.807, 2.05) is 42.5 Å². The van der Waals surface area contributed by atoms with Gasteiger partial charge in [0.1, 0.15) is 11.2 Å². The van der Waals surface area contributed by atoms with Gasteiger partial charge in [0.05, 0.1) is 0 Å². The van der Waals surface area contributed by atoms with Gasteiger partial charge in [0.2, 0.25) is 0 Å². The summed E-state index contributed by atoms with van der Waals surface area (Å²) in [7, 11) is 0. The lowest BCUT2D eigenvalue weighted by Crippen LogP contribution is -2.01. The van der Waals surface area contributed by atoms with Crippen molar-refractivity contribution >= 4 is 54.3 Å². The molecule has 0 N–H and O–H groups in total. The zero-order valence-electron chi connectivity index (χ0n) is 26.3. The van der Waals surface area contributed by atoms with Gasteiger partial charge in [-0.05, 0) is 56.1 Å². The Labute approximate surface area is 282 Å². The number of hydrogen-bond acceptors (Lipinski definition) is 4. The van der Waals surface area contributed by atoms with Crippen LogP contribution in [0, 0.1) is 0 Å². The molecular weight excluding hydrogens is 599 g/mol. The van der Waals surface area contributed by atoms with E-state index in [0.29, 0.717) is 17.5 Å². The fourth-order valence-electron chi connectivity index (χ4n) is 7.19. The van der Waals surface area contributed by atoms with E-state index in [-0.39, 0.29) is 0 Å². The number of nitrogens with zero attached hydrogens (tertiary/aromatic N) is 3. The van der Waals surface area contributed by atoms with Gasteiger partial charge in [-0.2, -0.15) is 0 Å². The van der Waals surface area contributed by atoms with Crippen LogP contribution in [0.1, 0.15) is 0 Å². The number of fused-ring (bicyclic) bond motifs is 7. The van der Waals surface area contributed by atoms with Crippen molar-refractivity contribution in [3.8, 4) is 45.3 Å². The van der Waals surface area contributed by atoms with Crippen LogP contribution in [0.3, 0.4) is 0 Å². The molecular formula is C45H27N3O. The number of rotatable bonds is 4. The Morgan fingerprint density at radius 2 is 0.980 bits per heavy atom. The predicted octanol–water partition coefficient (Wildman–Crippen LogP) is 11.9. The summed E-state index contributed by atoms with van der Waals surface area (Å²) >= 11 is 0. The molecule has 0 saturated carbocycles. The molecule has 0 aliphatic carbocycles. The molecule has 2 heterocycles. The van der Waals surface area contributed by atoms with Crippen molar-refractivity contribution in [1.29, 1.82) is 0 Å². The molecule has 0 fully saturated rings. The van der Waals surface area contributed by atoms with Crippen LogP contribution >= 0.6 is 0 Å². The summed E-state index contributed by atoms with van der Waals surface area (Å²) in [4.78, 5) is 15.5. The second-order valence-corrected chi connectivity index (χ2v) is 12.4. The average Bonchev–Trinajstić information content (AvgIpc) is 3.57. The van der Waals surface area contributed by atoms with Gasteiger partial charge in [-0.3, -0.25) is 0 Å². The molecule has 10 rings (SSSR count). The molecule has 0 atom stereocenters. The Morgan fingerprint density at radius 1 is 0.347 bits per heavy atom. The molecule has 0 spiro atoms. The minimum Gasteiger partial charge on any atom is -0.455 e. The van der Waals surface area contributed by atoms with E-state index in [1.165, 1.54) is 21.5 Å². The molecule has 4 heteroatoms. The maximum absolute atomic E-state index is 6.68. The van der Waals surface area contributed by atoms with Crippen LogP contribution in [0.2, 0.25) is 0 Å². The summed E-state index contributed by atoms with van der Waals surface area (Å²) < 4.78 is 6.68. The highest BCUT2D eigenvalue weighted by atomic mass is 16.3. The first kappa shape index (κ1) is 27.5. The van der Waals surface area contributed by atoms with Gasteiger partial charge in [-0.15, -0.1) is 0 Å². The molecule has 4 nitrogen and oxygen atoms in total. The summed E-state index contributed by atoms with van der Waals surface area (Å²) in [6.07, 6.45) is 0. The third-order valence-corrected chi connectivity index (χ3v) is 9.50. The standard InChI is InChI=1S/C45H27N3O/c1-2-13-29(14-3-1)43-46-44(48-45(47-43)39-27-31-16-6-7-17-33(31)35-18-8-9-19-36(35)39)38-22-11-23-40-41(38)37-21-10-20-34(42(37)49-40)32-25-24-28-12-4-5-15-30(28)26-32/h1-27H. The average molecular weight is 626 g/mol. The van der Waals surface area contributed by atoms with Gasteiger partial charge in [-0.1, -0.05) is 146 Å². The van der Waals surface area contributed by atoms with E-state index in [0.717, 1.165) is 60.5 Å². The Kier molecular flexibility index (Phi) is 6.15. The maximum atomic E-state index is 6.68. The molecule has 0 radical (unpaired) electrons. The van der Waals surface area contributed by atoms with Crippen LogP contribution in [0.5, 0.6) is 0 Å². The quantitative estimate of drug-likeness (QED) is 0.183. The lowest BCUT2D eigenvalue weighted by molar-refractivity contribution is 0.670. The molecule has 0 aliphatic rings. The SMILES string of the molecule is c1ccc(-c2nc(-c3cc4ccccc4c4ccccc34)nc(-c3cccc4oc5c(-c6ccc7ccccc7c6)cccc5c34)n2)cc1. The van der Waals surface area contributed by atoms with Crippen LogP contribution in [0.15, 0.2) is 168 Å². The number of hydrogen-bond donors (Lipinski definition) is 0. The summed E-state index contributed by atoms with van der Waals surface area (Å²) in [6.45, 7) is 0. The van der Waals surface area contributed by atoms with Crippen molar-refractivity contribution in [2.45, 2.75) is 0 Å². The second kappa shape index (κ2) is 11.0. The molecule has 49 heavy (non-hydrogen) atoms. The molecule has 0 aliphatic heterocycles. The first-order valence-electron chi connectivity index (χ1n) is 16.4. The molecule has 0 unspecified atom stereocenters. The van der Waals surface area contributed by atoms with Crippen molar-refractivity contribution in [2.24, 2.45) is 0 Å². The molecule has 2 aromatic heterocycles. The number of para-hydroxylation sites is 1.